The molecule has 1 aromatic rings. The average molecular weight is 232 g/mol. The van der Waals surface area contributed by atoms with Crippen molar-refractivity contribution in [1.82, 2.24) is 4.90 Å². The van der Waals surface area contributed by atoms with Gasteiger partial charge in [-0.05, 0) is 18.4 Å². The molecule has 1 aromatic carbocycles. The highest BCUT2D eigenvalue weighted by molar-refractivity contribution is 5.88. The number of hydrogen-bond donors (Lipinski definition) is 1. The molecule has 0 saturated carbocycles. The zero-order valence-corrected chi connectivity index (χ0v) is 9.63. The van der Waals surface area contributed by atoms with Gasteiger partial charge >= 0.3 is 0 Å². The lowest BCUT2D eigenvalue weighted by atomic mass is 10.1. The summed E-state index contributed by atoms with van der Waals surface area (Å²) in [6.45, 7) is 0.638. The van der Waals surface area contributed by atoms with Crippen LogP contribution in [0.15, 0.2) is 30.3 Å². The fraction of sp³-hybridized carbons (Fsp3) is 0.385. The van der Waals surface area contributed by atoms with Crippen LogP contribution in [0.25, 0.3) is 0 Å². The summed E-state index contributed by atoms with van der Waals surface area (Å²) in [5.41, 5.74) is 6.25. The van der Waals surface area contributed by atoms with Gasteiger partial charge in [-0.25, -0.2) is 0 Å². The number of benzene rings is 1. The zero-order valence-electron chi connectivity index (χ0n) is 9.63. The summed E-state index contributed by atoms with van der Waals surface area (Å²) in [5.74, 6) is -0.415. The number of rotatable bonds is 3. The summed E-state index contributed by atoms with van der Waals surface area (Å²) in [4.78, 5) is 24.9. The van der Waals surface area contributed by atoms with E-state index in [1.807, 2.05) is 30.3 Å². The molecule has 1 aliphatic rings. The van der Waals surface area contributed by atoms with E-state index >= 15 is 0 Å². The van der Waals surface area contributed by atoms with Crippen LogP contribution < -0.4 is 5.73 Å². The SMILES string of the molecule is NC(=O)[C@@H]1CCCN1C(=O)Cc1ccccc1. The van der Waals surface area contributed by atoms with E-state index in [0.717, 1.165) is 12.0 Å². The molecule has 1 fully saturated rings. The number of hydrogen-bond acceptors (Lipinski definition) is 2. The summed E-state index contributed by atoms with van der Waals surface area (Å²) in [6, 6.07) is 9.12. The van der Waals surface area contributed by atoms with E-state index in [-0.39, 0.29) is 5.91 Å². The molecule has 0 unspecified atom stereocenters. The molecule has 2 rings (SSSR count). The third-order valence-electron chi connectivity index (χ3n) is 3.10. The van der Waals surface area contributed by atoms with E-state index < -0.39 is 11.9 Å². The highest BCUT2D eigenvalue weighted by Crippen LogP contribution is 2.18. The number of nitrogens with zero attached hydrogens (tertiary/aromatic N) is 1. The lowest BCUT2D eigenvalue weighted by Gasteiger charge is -2.22. The van der Waals surface area contributed by atoms with Crippen LogP contribution in [0.5, 0.6) is 0 Å². The highest BCUT2D eigenvalue weighted by atomic mass is 16.2. The predicted molar refractivity (Wildman–Crippen MR) is 64.1 cm³/mol. The third-order valence-corrected chi connectivity index (χ3v) is 3.10. The molecule has 0 bridgehead atoms. The summed E-state index contributed by atoms with van der Waals surface area (Å²) in [6.07, 6.45) is 1.88. The summed E-state index contributed by atoms with van der Waals surface area (Å²) >= 11 is 0. The van der Waals surface area contributed by atoms with Crippen molar-refractivity contribution in [2.45, 2.75) is 25.3 Å². The highest BCUT2D eigenvalue weighted by Gasteiger charge is 2.32. The maximum Gasteiger partial charge on any atom is 0.240 e. The number of carbonyl (C=O) groups excluding carboxylic acids is 2. The molecule has 0 aliphatic carbocycles. The van der Waals surface area contributed by atoms with Gasteiger partial charge in [-0.2, -0.15) is 0 Å². The Labute approximate surface area is 100 Å². The number of likely N-dealkylation sites (tertiary alicyclic amines) is 1. The van der Waals surface area contributed by atoms with Gasteiger partial charge < -0.3 is 10.6 Å². The second-order valence-corrected chi connectivity index (χ2v) is 4.31. The summed E-state index contributed by atoms with van der Waals surface area (Å²) < 4.78 is 0. The second kappa shape index (κ2) is 4.99. The largest absolute Gasteiger partial charge is 0.368 e. The van der Waals surface area contributed by atoms with E-state index in [9.17, 15) is 9.59 Å². The molecule has 1 heterocycles. The zero-order chi connectivity index (χ0) is 12.3. The average Bonchev–Trinajstić information content (AvgIpc) is 2.79. The molecular weight excluding hydrogens is 216 g/mol. The lowest BCUT2D eigenvalue weighted by Crippen LogP contribution is -2.44. The number of nitrogens with two attached hydrogens (primary N) is 1. The molecule has 2 N–H and O–H groups in total. The fourth-order valence-corrected chi connectivity index (χ4v) is 2.23. The third kappa shape index (κ3) is 2.64. The Bertz CT molecular complexity index is 417. The van der Waals surface area contributed by atoms with Crippen molar-refractivity contribution in [3.63, 3.8) is 0 Å². The number of carbonyl (C=O) groups is 2. The van der Waals surface area contributed by atoms with Gasteiger partial charge in [-0.1, -0.05) is 30.3 Å². The molecule has 0 aromatic heterocycles. The minimum absolute atomic E-state index is 0.0162. The van der Waals surface area contributed by atoms with E-state index in [1.165, 1.54) is 0 Å². The van der Waals surface area contributed by atoms with Crippen molar-refractivity contribution in [2.75, 3.05) is 6.54 Å². The maximum atomic E-state index is 12.0. The van der Waals surface area contributed by atoms with Gasteiger partial charge in [-0.3, -0.25) is 9.59 Å². The van der Waals surface area contributed by atoms with Crippen LogP contribution in [0.3, 0.4) is 0 Å². The fourth-order valence-electron chi connectivity index (χ4n) is 2.23. The van der Waals surface area contributed by atoms with Crippen molar-refractivity contribution in [3.8, 4) is 0 Å². The molecule has 90 valence electrons. The van der Waals surface area contributed by atoms with Crippen LogP contribution in [-0.4, -0.2) is 29.3 Å². The Kier molecular flexibility index (Phi) is 3.42. The molecule has 1 aliphatic heterocycles. The molecule has 17 heavy (non-hydrogen) atoms. The molecular formula is C13H16N2O2. The first-order valence-corrected chi connectivity index (χ1v) is 5.81. The van der Waals surface area contributed by atoms with E-state index in [2.05, 4.69) is 0 Å². The Morgan fingerprint density at radius 3 is 2.65 bits per heavy atom. The number of amides is 2. The maximum absolute atomic E-state index is 12.0. The minimum atomic E-state index is -0.411. The minimum Gasteiger partial charge on any atom is -0.368 e. The van der Waals surface area contributed by atoms with Crippen molar-refractivity contribution in [2.24, 2.45) is 5.73 Å². The van der Waals surface area contributed by atoms with E-state index in [0.29, 0.717) is 19.4 Å². The standard InChI is InChI=1S/C13H16N2O2/c14-13(17)11-7-4-8-15(11)12(16)9-10-5-2-1-3-6-10/h1-3,5-6,11H,4,7-9H2,(H2,14,17)/t11-/m0/s1. The lowest BCUT2D eigenvalue weighted by molar-refractivity contribution is -0.136. The molecule has 4 heteroatoms. The van der Waals surface area contributed by atoms with Gasteiger partial charge in [0.1, 0.15) is 6.04 Å². The van der Waals surface area contributed by atoms with Gasteiger partial charge in [0.25, 0.3) is 0 Å². The van der Waals surface area contributed by atoms with Gasteiger partial charge in [0.05, 0.1) is 6.42 Å². The van der Waals surface area contributed by atoms with Crippen molar-refractivity contribution < 1.29 is 9.59 Å². The van der Waals surface area contributed by atoms with Crippen LogP contribution in [0.1, 0.15) is 18.4 Å². The topological polar surface area (TPSA) is 63.4 Å². The first-order chi connectivity index (χ1) is 8.18. The van der Waals surface area contributed by atoms with Crippen molar-refractivity contribution >= 4 is 11.8 Å². The second-order valence-electron chi connectivity index (χ2n) is 4.31. The Morgan fingerprint density at radius 2 is 2.00 bits per heavy atom. The van der Waals surface area contributed by atoms with Gasteiger partial charge in [0.15, 0.2) is 0 Å². The van der Waals surface area contributed by atoms with Crippen LogP contribution in [0, 0.1) is 0 Å². The Morgan fingerprint density at radius 1 is 1.29 bits per heavy atom. The van der Waals surface area contributed by atoms with Crippen molar-refractivity contribution in [3.05, 3.63) is 35.9 Å². The summed E-state index contributed by atoms with van der Waals surface area (Å²) in [5, 5.41) is 0. The monoisotopic (exact) mass is 232 g/mol. The van der Waals surface area contributed by atoms with Gasteiger partial charge in [-0.15, -0.1) is 0 Å². The van der Waals surface area contributed by atoms with Crippen LogP contribution >= 0.6 is 0 Å². The first-order valence-electron chi connectivity index (χ1n) is 5.81. The van der Waals surface area contributed by atoms with Crippen molar-refractivity contribution in [1.29, 1.82) is 0 Å². The molecule has 1 atom stereocenters. The summed E-state index contributed by atoms with van der Waals surface area (Å²) in [7, 11) is 0. The van der Waals surface area contributed by atoms with Crippen LogP contribution in [0.2, 0.25) is 0 Å². The normalized spacial score (nSPS) is 19.3. The Hall–Kier alpha value is -1.84. The first kappa shape index (κ1) is 11.6. The smallest absolute Gasteiger partial charge is 0.240 e. The van der Waals surface area contributed by atoms with Gasteiger partial charge in [0, 0.05) is 6.54 Å². The quantitative estimate of drug-likeness (QED) is 0.834. The molecule has 0 spiro atoms. The van der Waals surface area contributed by atoms with Crippen LogP contribution in [-0.2, 0) is 16.0 Å². The molecule has 0 radical (unpaired) electrons. The molecule has 4 nitrogen and oxygen atoms in total. The molecule has 2 amide bonds. The van der Waals surface area contributed by atoms with E-state index in [1.54, 1.807) is 4.90 Å². The van der Waals surface area contributed by atoms with Gasteiger partial charge in [0.2, 0.25) is 11.8 Å². The number of primary amides is 1. The predicted octanol–water partition coefficient (Wildman–Crippen LogP) is 0.705. The van der Waals surface area contributed by atoms with Crippen LogP contribution in [0.4, 0.5) is 0 Å². The molecule has 1 saturated heterocycles. The Balaban J connectivity index is 2.03. The van der Waals surface area contributed by atoms with E-state index in [4.69, 9.17) is 5.73 Å².